The van der Waals surface area contributed by atoms with Gasteiger partial charge < -0.3 is 4.74 Å². The fraction of sp³-hybridized carbons (Fsp3) is 0.0952. The van der Waals surface area contributed by atoms with Crippen LogP contribution in [0.1, 0.15) is 19.4 Å². The van der Waals surface area contributed by atoms with Crippen LogP contribution in [0.25, 0.3) is 66.6 Å². The molecule has 1 aromatic heterocycles. The van der Waals surface area contributed by atoms with Gasteiger partial charge in [-0.2, -0.15) is 0 Å². The van der Waals surface area contributed by atoms with Crippen LogP contribution >= 0.6 is 0 Å². The molecular weight excluding hydrogens is 548 g/mol. The summed E-state index contributed by atoms with van der Waals surface area (Å²) in [6, 6.07) is 46.7. The van der Waals surface area contributed by atoms with Crippen molar-refractivity contribution in [3.63, 3.8) is 0 Å². The zero-order valence-corrected chi connectivity index (χ0v) is 25.8. The van der Waals surface area contributed by atoms with Crippen molar-refractivity contribution in [2.75, 3.05) is 0 Å². The molecule has 7 rings (SSSR count). The van der Waals surface area contributed by atoms with Crippen LogP contribution in [0.4, 0.5) is 0 Å². The predicted octanol–water partition coefficient (Wildman–Crippen LogP) is 11.1. The van der Waals surface area contributed by atoms with E-state index in [9.17, 15) is 0 Å². The zero-order chi connectivity index (χ0) is 30.9. The second-order valence-corrected chi connectivity index (χ2v) is 11.7. The van der Waals surface area contributed by atoms with E-state index in [1.165, 1.54) is 16.3 Å². The van der Waals surface area contributed by atoms with Crippen molar-refractivity contribution >= 4 is 21.7 Å². The summed E-state index contributed by atoms with van der Waals surface area (Å²) in [4.78, 5) is 10.1. The van der Waals surface area contributed by atoms with Crippen LogP contribution in [0.15, 0.2) is 146 Å². The normalized spacial score (nSPS) is 11.9. The Kier molecular flexibility index (Phi) is 7.44. The fourth-order valence-electron chi connectivity index (χ4n) is 5.84. The van der Waals surface area contributed by atoms with Crippen molar-refractivity contribution in [3.05, 3.63) is 151 Å². The molecular formula is C42H34N2O. The van der Waals surface area contributed by atoms with Crippen molar-refractivity contribution in [1.82, 2.24) is 9.97 Å². The lowest BCUT2D eigenvalue weighted by atomic mass is 9.88. The lowest BCUT2D eigenvalue weighted by Gasteiger charge is -2.19. The summed E-state index contributed by atoms with van der Waals surface area (Å²) >= 11 is 0. The highest BCUT2D eigenvalue weighted by atomic mass is 16.5. The lowest BCUT2D eigenvalue weighted by Crippen LogP contribution is -2.13. The maximum atomic E-state index is 6.38. The summed E-state index contributed by atoms with van der Waals surface area (Å²) in [6.07, 6.45) is -0.0777. The van der Waals surface area contributed by atoms with Gasteiger partial charge in [-0.15, -0.1) is 0 Å². The molecule has 0 N–H and O–H groups in total. The summed E-state index contributed by atoms with van der Waals surface area (Å²) < 4.78 is 6.38. The molecule has 0 radical (unpaired) electrons. The molecule has 45 heavy (non-hydrogen) atoms. The van der Waals surface area contributed by atoms with Crippen LogP contribution in [0.2, 0.25) is 0 Å². The van der Waals surface area contributed by atoms with Crippen molar-refractivity contribution in [2.24, 2.45) is 0 Å². The summed E-state index contributed by atoms with van der Waals surface area (Å²) in [5.74, 6) is 1.59. The van der Waals surface area contributed by atoms with Crippen molar-refractivity contribution < 1.29 is 4.74 Å². The summed E-state index contributed by atoms with van der Waals surface area (Å²) in [5.41, 5.74) is 10.5. The molecule has 0 fully saturated rings. The van der Waals surface area contributed by atoms with Crippen LogP contribution in [0.3, 0.4) is 0 Å². The quantitative estimate of drug-likeness (QED) is 0.175. The number of para-hydroxylation sites is 1. The van der Waals surface area contributed by atoms with E-state index in [1.54, 1.807) is 0 Å². The van der Waals surface area contributed by atoms with Gasteiger partial charge in [0.2, 0.25) is 0 Å². The van der Waals surface area contributed by atoms with E-state index < -0.39 is 0 Å². The van der Waals surface area contributed by atoms with Gasteiger partial charge >= 0.3 is 0 Å². The van der Waals surface area contributed by atoms with Crippen LogP contribution in [-0.4, -0.2) is 16.1 Å². The van der Waals surface area contributed by atoms with Crippen molar-refractivity contribution in [3.8, 4) is 50.6 Å². The Morgan fingerprint density at radius 2 is 1.36 bits per heavy atom. The van der Waals surface area contributed by atoms with Gasteiger partial charge in [0.15, 0.2) is 5.82 Å². The minimum atomic E-state index is -0.0777. The number of hydrogen-bond acceptors (Lipinski definition) is 3. The maximum Gasteiger partial charge on any atom is 0.160 e. The fourth-order valence-corrected chi connectivity index (χ4v) is 5.84. The zero-order valence-electron chi connectivity index (χ0n) is 25.8. The Labute approximate surface area is 264 Å². The number of ether oxygens (including phenoxy) is 1. The average Bonchev–Trinajstić information content (AvgIpc) is 3.08. The minimum absolute atomic E-state index is 0.0777. The Hall–Kier alpha value is -5.54. The molecule has 0 saturated heterocycles. The Morgan fingerprint density at radius 3 is 2.18 bits per heavy atom. The highest BCUT2D eigenvalue weighted by molar-refractivity contribution is 6.05. The van der Waals surface area contributed by atoms with E-state index in [0.717, 1.165) is 67.1 Å². The van der Waals surface area contributed by atoms with E-state index in [2.05, 4.69) is 123 Å². The molecule has 0 aliphatic heterocycles. The smallest absolute Gasteiger partial charge is 0.160 e. The van der Waals surface area contributed by atoms with Gasteiger partial charge in [0.25, 0.3) is 0 Å². The first-order valence-electron chi connectivity index (χ1n) is 15.3. The maximum absolute atomic E-state index is 6.38. The van der Waals surface area contributed by atoms with Crippen LogP contribution in [-0.2, 0) is 0 Å². The highest BCUT2D eigenvalue weighted by Crippen LogP contribution is 2.41. The predicted molar refractivity (Wildman–Crippen MR) is 188 cm³/mol. The Balaban J connectivity index is 1.42. The molecule has 1 heterocycles. The first kappa shape index (κ1) is 28.2. The number of hydrogen-bond donors (Lipinski definition) is 0. The summed E-state index contributed by atoms with van der Waals surface area (Å²) in [6.45, 7) is 10.2. The molecule has 0 aliphatic carbocycles. The number of fused-ring (bicyclic) bond motifs is 2. The molecule has 0 amide bonds. The summed E-state index contributed by atoms with van der Waals surface area (Å²) in [5, 5.41) is 3.42. The van der Waals surface area contributed by atoms with Crippen LogP contribution in [0, 0.1) is 6.92 Å². The molecule has 3 nitrogen and oxygen atoms in total. The van der Waals surface area contributed by atoms with Gasteiger partial charge in [0.1, 0.15) is 11.9 Å². The first-order chi connectivity index (χ1) is 22.0. The van der Waals surface area contributed by atoms with Crippen molar-refractivity contribution in [1.29, 1.82) is 0 Å². The second-order valence-electron chi connectivity index (χ2n) is 11.7. The highest BCUT2D eigenvalue weighted by Gasteiger charge is 2.17. The van der Waals surface area contributed by atoms with Gasteiger partial charge in [0, 0.05) is 16.5 Å². The minimum Gasteiger partial charge on any atom is -0.486 e. The molecule has 0 saturated carbocycles. The molecule has 218 valence electrons. The molecule has 7 aromatic rings. The monoisotopic (exact) mass is 582 g/mol. The van der Waals surface area contributed by atoms with Crippen molar-refractivity contribution in [2.45, 2.75) is 26.9 Å². The van der Waals surface area contributed by atoms with E-state index in [4.69, 9.17) is 14.7 Å². The Bertz CT molecular complexity index is 2200. The SMILES string of the molecule is C=C(C)C(C)Oc1cc(-c2c(-c3cccc(-c4nc(-c5ccccc5)nc5ccccc45)c3)ccc3ccccc23)ccc1C. The number of benzene rings is 6. The lowest BCUT2D eigenvalue weighted by molar-refractivity contribution is 0.256. The molecule has 0 spiro atoms. The molecule has 6 aromatic carbocycles. The number of aryl methyl sites for hydroxylation is 1. The summed E-state index contributed by atoms with van der Waals surface area (Å²) in [7, 11) is 0. The number of aromatic nitrogens is 2. The molecule has 1 unspecified atom stereocenters. The van der Waals surface area contributed by atoms with Gasteiger partial charge in [-0.3, -0.25) is 0 Å². The first-order valence-corrected chi connectivity index (χ1v) is 15.3. The van der Waals surface area contributed by atoms with Gasteiger partial charge in [-0.25, -0.2) is 9.97 Å². The standard InChI is InChI=1S/C42H34N2O/c1-27(2)29(4)45-39-26-33(22-21-28(39)3)40-35-18-9-8-13-30(35)23-24-36(40)32-16-12-17-34(25-32)41-37-19-10-11-20-38(37)43-42(44-41)31-14-6-5-7-15-31/h5-26,29H,1H2,2-4H3. The van der Waals surface area contributed by atoms with Crippen LogP contribution in [0.5, 0.6) is 5.75 Å². The molecule has 0 aliphatic rings. The van der Waals surface area contributed by atoms with Gasteiger partial charge in [-0.05, 0) is 83.1 Å². The van der Waals surface area contributed by atoms with Crippen LogP contribution < -0.4 is 4.74 Å². The third-order valence-electron chi connectivity index (χ3n) is 8.49. The van der Waals surface area contributed by atoms with Gasteiger partial charge in [-0.1, -0.05) is 122 Å². The van der Waals surface area contributed by atoms with E-state index >= 15 is 0 Å². The van der Waals surface area contributed by atoms with E-state index in [-0.39, 0.29) is 6.10 Å². The largest absolute Gasteiger partial charge is 0.486 e. The number of nitrogens with zero attached hydrogens (tertiary/aromatic N) is 2. The molecule has 3 heteroatoms. The number of rotatable bonds is 7. The molecule has 0 bridgehead atoms. The van der Waals surface area contributed by atoms with Gasteiger partial charge in [0.05, 0.1) is 11.2 Å². The van der Waals surface area contributed by atoms with E-state index in [1.807, 2.05) is 38.1 Å². The van der Waals surface area contributed by atoms with E-state index in [0.29, 0.717) is 0 Å². The third-order valence-corrected chi connectivity index (χ3v) is 8.49. The third kappa shape index (κ3) is 5.49. The molecule has 1 atom stereocenters. The Morgan fingerprint density at radius 1 is 0.644 bits per heavy atom. The topological polar surface area (TPSA) is 35.0 Å². The average molecular weight is 583 g/mol. The second kappa shape index (κ2) is 11.9.